The van der Waals surface area contributed by atoms with Crippen LogP contribution in [0.1, 0.15) is 20.7 Å². The fourth-order valence-electron chi connectivity index (χ4n) is 1.25. The smallest absolute Gasteiger partial charge is 0.472 e. The maximum absolute atomic E-state index is 10.3. The van der Waals surface area contributed by atoms with E-state index in [1.54, 1.807) is 24.3 Å². The largest absolute Gasteiger partial charge is 0.478 e. The second-order valence-corrected chi connectivity index (χ2v) is 4.11. The van der Waals surface area contributed by atoms with Gasteiger partial charge in [0.2, 0.25) is 0 Å². The van der Waals surface area contributed by atoms with Gasteiger partial charge in [0.15, 0.2) is 0 Å². The van der Waals surface area contributed by atoms with E-state index in [9.17, 15) is 9.59 Å². The molecular formula is C14H18Ag2N3O8+. The number of hydrogen-bond donors (Lipinski definition) is 6. The van der Waals surface area contributed by atoms with Crippen molar-refractivity contribution >= 4 is 23.3 Å². The Morgan fingerprint density at radius 3 is 1.04 bits per heavy atom. The molecule has 2 aromatic carbocycles. The summed E-state index contributed by atoms with van der Waals surface area (Å²) in [7, 11) is 0. The van der Waals surface area contributed by atoms with Crippen molar-refractivity contribution < 1.29 is 85.5 Å². The molecule has 13 heteroatoms. The number of nitrogen functional groups attached to an aromatic ring is 2. The van der Waals surface area contributed by atoms with Crippen molar-refractivity contribution in [3.63, 3.8) is 0 Å². The van der Waals surface area contributed by atoms with Crippen LogP contribution in [0.25, 0.3) is 0 Å². The topological polar surface area (TPSA) is 219 Å². The first kappa shape index (κ1) is 32.3. The van der Waals surface area contributed by atoms with Crippen LogP contribution in [0, 0.1) is 4.91 Å². The summed E-state index contributed by atoms with van der Waals surface area (Å²) in [5.74, 6) is -1.86. The summed E-state index contributed by atoms with van der Waals surface area (Å²) in [4.78, 5) is 29.0. The van der Waals surface area contributed by atoms with E-state index in [0.29, 0.717) is 11.4 Å². The monoisotopic (exact) mass is 570 g/mol. The van der Waals surface area contributed by atoms with Gasteiger partial charge in [-0.3, -0.25) is 0 Å². The number of carbonyl (C=O) groups is 2. The molecular weight excluding hydrogens is 554 g/mol. The van der Waals surface area contributed by atoms with Gasteiger partial charge >= 0.3 is 17.0 Å². The Morgan fingerprint density at radius 1 is 0.704 bits per heavy atom. The maximum Gasteiger partial charge on any atom is 0.472 e. The van der Waals surface area contributed by atoms with Gasteiger partial charge in [-0.15, -0.1) is 0 Å². The summed E-state index contributed by atoms with van der Waals surface area (Å²) in [6.07, 6.45) is 0. The number of nitrogens with two attached hydrogens (primary N) is 2. The molecule has 11 nitrogen and oxygen atoms in total. The average molecular weight is 572 g/mol. The fraction of sp³-hybridized carbons (Fsp3) is 0. The van der Waals surface area contributed by atoms with Crippen LogP contribution in [-0.4, -0.2) is 43.1 Å². The molecule has 10 N–H and O–H groups in total. The zero-order valence-electron chi connectivity index (χ0n) is 13.3. The van der Waals surface area contributed by atoms with Crippen LogP contribution in [0.15, 0.2) is 48.5 Å². The van der Waals surface area contributed by atoms with Gasteiger partial charge in [0.05, 0.1) is 11.1 Å². The van der Waals surface area contributed by atoms with Gasteiger partial charge in [0, 0.05) is 56.1 Å². The second-order valence-electron chi connectivity index (χ2n) is 4.11. The summed E-state index contributed by atoms with van der Waals surface area (Å²) in [6, 6.07) is 12.1. The van der Waals surface area contributed by atoms with Crippen LogP contribution in [-0.2, 0) is 44.8 Å². The summed E-state index contributed by atoms with van der Waals surface area (Å²) < 4.78 is 0. The summed E-state index contributed by atoms with van der Waals surface area (Å²) in [6.45, 7) is 0. The van der Waals surface area contributed by atoms with Gasteiger partial charge in [-0.25, -0.2) is 20.0 Å². The van der Waals surface area contributed by atoms with Crippen molar-refractivity contribution in [2.24, 2.45) is 0 Å². The van der Waals surface area contributed by atoms with Crippen LogP contribution in [0.5, 0.6) is 0 Å². The van der Waals surface area contributed by atoms with Crippen LogP contribution >= 0.6 is 0 Å². The molecule has 0 amide bonds. The molecule has 2 rings (SSSR count). The zero-order valence-corrected chi connectivity index (χ0v) is 16.3. The van der Waals surface area contributed by atoms with E-state index in [2.05, 4.69) is 0 Å². The second kappa shape index (κ2) is 17.1. The predicted molar refractivity (Wildman–Crippen MR) is 86.4 cm³/mol. The predicted octanol–water partition coefficient (Wildman–Crippen LogP) is 0.648. The minimum Gasteiger partial charge on any atom is -0.478 e. The van der Waals surface area contributed by atoms with E-state index in [1.165, 1.54) is 24.3 Å². The summed E-state index contributed by atoms with van der Waals surface area (Å²) in [5.41, 5.74) is 12.3. The molecule has 0 aliphatic heterocycles. The normalized spacial score (nSPS) is 7.70. The molecule has 0 aromatic heterocycles. The van der Waals surface area contributed by atoms with Crippen molar-refractivity contribution in [1.82, 2.24) is 0 Å². The molecule has 0 unspecified atom stereocenters. The first-order chi connectivity index (χ1) is 11.1. The molecule has 0 saturated carbocycles. The number of benzene rings is 2. The number of aromatic carboxylic acids is 2. The SMILES string of the molecule is Nc1ccc(C(=O)O)cc1.Nc1ccc(C(=O)O)cc1.O.O=[N+](O)O.[Ag].[Ag]. The average Bonchev–Trinajstić information content (AvgIpc) is 2.48. The van der Waals surface area contributed by atoms with Crippen molar-refractivity contribution in [3.8, 4) is 0 Å². The minimum atomic E-state index is -1.25. The molecule has 27 heavy (non-hydrogen) atoms. The first-order valence-electron chi connectivity index (χ1n) is 6.16. The third kappa shape index (κ3) is 16.8. The summed E-state index contributed by atoms with van der Waals surface area (Å²) >= 11 is 0. The van der Waals surface area contributed by atoms with Crippen molar-refractivity contribution in [1.29, 1.82) is 0 Å². The Hall–Kier alpha value is -2.38. The molecule has 0 spiro atoms. The number of nitrogens with zero attached hydrogens (tertiary/aromatic N) is 1. The molecule has 158 valence electrons. The third-order valence-corrected chi connectivity index (χ3v) is 2.32. The number of rotatable bonds is 2. The molecule has 0 bridgehead atoms. The Kier molecular flexibility index (Phi) is 20.4. The van der Waals surface area contributed by atoms with E-state index in [0.717, 1.165) is 0 Å². The molecule has 0 aliphatic rings. The quantitative estimate of drug-likeness (QED) is 0.169. The van der Waals surface area contributed by atoms with Crippen LogP contribution in [0.2, 0.25) is 0 Å². The van der Waals surface area contributed by atoms with Gasteiger partial charge < -0.3 is 27.2 Å². The van der Waals surface area contributed by atoms with Gasteiger partial charge in [0.25, 0.3) is 0 Å². The zero-order chi connectivity index (χ0) is 18.7. The van der Waals surface area contributed by atoms with E-state index in [4.69, 9.17) is 37.0 Å². The first-order valence-corrected chi connectivity index (χ1v) is 6.16. The van der Waals surface area contributed by atoms with E-state index >= 15 is 0 Å². The molecule has 2 radical (unpaired) electrons. The minimum absolute atomic E-state index is 0. The van der Waals surface area contributed by atoms with Gasteiger partial charge in [-0.1, -0.05) is 0 Å². The van der Waals surface area contributed by atoms with Crippen molar-refractivity contribution in [2.45, 2.75) is 0 Å². The van der Waals surface area contributed by atoms with Crippen LogP contribution in [0.4, 0.5) is 11.4 Å². The standard InChI is InChI=1S/2C7H7NO2.2Ag.H2NO3.H2O/c2*8-6-3-1-5(2-4-6)7(9)10;;;2-1(3)4;/h2*1-4H,8H2,(H,9,10);;;(H2,2,3,4);1H2/q;;;;+1;. The van der Waals surface area contributed by atoms with Crippen LogP contribution in [0.3, 0.4) is 0 Å². The van der Waals surface area contributed by atoms with Crippen LogP contribution < -0.4 is 11.5 Å². The number of hydrogen-bond acceptors (Lipinski definition) is 5. The molecule has 0 aliphatic carbocycles. The Morgan fingerprint density at radius 2 is 0.889 bits per heavy atom. The fourth-order valence-corrected chi connectivity index (χ4v) is 1.25. The number of anilines is 2. The molecule has 0 fully saturated rings. The van der Waals surface area contributed by atoms with Gasteiger partial charge in [0.1, 0.15) is 4.91 Å². The van der Waals surface area contributed by atoms with E-state index < -0.39 is 17.0 Å². The van der Waals surface area contributed by atoms with Crippen molar-refractivity contribution in [2.75, 3.05) is 11.5 Å². The Labute approximate surface area is 184 Å². The van der Waals surface area contributed by atoms with E-state index in [-0.39, 0.29) is 61.4 Å². The molecule has 2 aromatic rings. The Bertz CT molecular complexity index is 637. The molecule has 0 heterocycles. The maximum atomic E-state index is 10.3. The van der Waals surface area contributed by atoms with Gasteiger partial charge in [-0.2, -0.15) is 0 Å². The van der Waals surface area contributed by atoms with E-state index in [1.807, 2.05) is 0 Å². The molecule has 0 atom stereocenters. The Balaban J connectivity index is -0.000000150. The summed E-state index contributed by atoms with van der Waals surface area (Å²) in [5, 5.41) is 29.4. The van der Waals surface area contributed by atoms with Crippen molar-refractivity contribution in [3.05, 3.63) is 64.6 Å². The number of carboxylic acid groups (broad SMARTS) is 2. The molecule has 0 saturated heterocycles. The number of carboxylic acids is 2. The van der Waals surface area contributed by atoms with Gasteiger partial charge in [-0.05, 0) is 48.5 Å². The third-order valence-electron chi connectivity index (χ3n) is 2.32.